The smallest absolute Gasteiger partial charge is 0.165 e. The van der Waals surface area contributed by atoms with Gasteiger partial charge in [-0.05, 0) is 73.0 Å². The van der Waals surface area contributed by atoms with Crippen molar-refractivity contribution in [2.24, 2.45) is 0 Å². The molecule has 0 saturated heterocycles. The Morgan fingerprint density at radius 1 is 0.250 bits per heavy atom. The second-order valence-corrected chi connectivity index (χ2v) is 31.0. The van der Waals surface area contributed by atoms with E-state index >= 15 is 0 Å². The summed E-state index contributed by atoms with van der Waals surface area (Å²) in [5.41, 5.74) is 7.24. The first kappa shape index (κ1) is 71.9. The van der Waals surface area contributed by atoms with Crippen LogP contribution in [0.4, 0.5) is 0 Å². The van der Waals surface area contributed by atoms with E-state index in [9.17, 15) is 0 Å². The molecule has 2 aliphatic heterocycles. The van der Waals surface area contributed by atoms with Gasteiger partial charge in [-0.15, -0.1) is 47.0 Å². The lowest BCUT2D eigenvalue weighted by molar-refractivity contribution is 0.563. The van der Waals surface area contributed by atoms with Gasteiger partial charge in [0.05, 0.1) is 0 Å². The highest BCUT2D eigenvalue weighted by molar-refractivity contribution is 8.00. The molecule has 12 heteroatoms. The highest BCUT2D eigenvalue weighted by atomic mass is 32.2. The standard InChI is InChI=1S/C80H114N8S4/c1-5-9-13-17-21-25-29-33-37-41-57-89-65-53-45-49-61-69(65)77-81-73(61)86-78-71-63(51-47-55-67(71)91-59-43-39-35-31-27-23-19-15-11-7-3)75(83-78)88-80-72-64(52-48-56-68(72)92-60-44-40-36-32-28-24-20-16-12-8-4)76(84-80)87-79-70-62(74(82-79)85-77)50-46-54-66(70)90-58-42-38-34-30-26-22-18-14-10-6-2/h45-56H,5-44,57-60H2,1-4H3,(H2,81,82,83,84,85,86,87,88). The van der Waals surface area contributed by atoms with E-state index in [2.05, 4.69) is 110 Å². The molecule has 8 bridgehead atoms. The molecule has 0 saturated carbocycles. The molecule has 7 aromatic rings. The van der Waals surface area contributed by atoms with E-state index in [4.69, 9.17) is 29.9 Å². The predicted octanol–water partition coefficient (Wildman–Crippen LogP) is 26.9. The van der Waals surface area contributed by atoms with Crippen LogP contribution in [0, 0.1) is 0 Å². The quantitative estimate of drug-likeness (QED) is 0.0283. The number of unbranched alkanes of at least 4 members (excludes halogenated alkanes) is 36. The largest absolute Gasteiger partial charge is 0.324 e. The van der Waals surface area contributed by atoms with Gasteiger partial charge in [0.15, 0.2) is 23.3 Å². The molecule has 0 radical (unpaired) electrons. The lowest BCUT2D eigenvalue weighted by Gasteiger charge is -2.08. The molecule has 0 amide bonds. The van der Waals surface area contributed by atoms with Crippen LogP contribution in [-0.4, -0.2) is 62.9 Å². The van der Waals surface area contributed by atoms with Gasteiger partial charge in [-0.25, -0.2) is 29.9 Å². The Morgan fingerprint density at radius 3 is 0.804 bits per heavy atom. The number of hydrogen-bond acceptors (Lipinski definition) is 10. The Balaban J connectivity index is 1.09. The van der Waals surface area contributed by atoms with Gasteiger partial charge in [-0.2, -0.15) is 0 Å². The Labute approximate surface area is 572 Å². The topological polar surface area (TPSA) is 109 Å². The third-order valence-corrected chi connectivity index (χ3v) is 23.4. The first-order valence-corrected chi connectivity index (χ1v) is 41.4. The molecule has 9 rings (SSSR count). The highest BCUT2D eigenvalue weighted by Gasteiger charge is 2.27. The molecule has 0 aliphatic carbocycles. The van der Waals surface area contributed by atoms with Crippen LogP contribution < -0.4 is 0 Å². The minimum absolute atomic E-state index is 0.676. The molecule has 92 heavy (non-hydrogen) atoms. The third-order valence-electron chi connectivity index (χ3n) is 18.8. The van der Waals surface area contributed by atoms with Gasteiger partial charge in [-0.1, -0.05) is 307 Å². The van der Waals surface area contributed by atoms with E-state index < -0.39 is 0 Å². The third kappa shape index (κ3) is 21.8. The van der Waals surface area contributed by atoms with Crippen LogP contribution in [0.5, 0.6) is 0 Å². The fourth-order valence-electron chi connectivity index (χ4n) is 13.4. The van der Waals surface area contributed by atoms with Crippen LogP contribution in [0.1, 0.15) is 285 Å². The zero-order valence-electron chi connectivity index (χ0n) is 57.4. The predicted molar refractivity (Wildman–Crippen MR) is 406 cm³/mol. The first-order valence-electron chi connectivity index (χ1n) is 37.5. The summed E-state index contributed by atoms with van der Waals surface area (Å²) in [6.07, 6.45) is 53.1. The molecule has 498 valence electrons. The number of nitrogens with one attached hydrogen (secondary N) is 2. The maximum Gasteiger partial charge on any atom is 0.165 e. The Bertz CT molecular complexity index is 3230. The van der Waals surface area contributed by atoms with Crippen molar-refractivity contribution in [3.8, 4) is 45.6 Å². The van der Waals surface area contributed by atoms with E-state index in [1.54, 1.807) is 0 Å². The number of benzene rings is 4. The molecule has 4 aromatic carbocycles. The highest BCUT2D eigenvalue weighted by Crippen LogP contribution is 2.45. The summed E-state index contributed by atoms with van der Waals surface area (Å²) in [5, 5.41) is 4.27. The van der Waals surface area contributed by atoms with Crippen LogP contribution >= 0.6 is 47.0 Å². The number of thioether (sulfide) groups is 4. The summed E-state index contributed by atoms with van der Waals surface area (Å²) in [5.74, 6) is 6.94. The SMILES string of the molecule is CCCCCCCCCCCCSc1cccc2c1-c1nc-2nc2[nH]c(nc3nc(nc4[nH]c(n1)c1cccc(SCCCCCCCCCCCC)c41)-c1cccc(SCCCCCCCCCCCC)c1-3)c1cccc(SCCCCCCCCCCCC)c21. The maximum atomic E-state index is 5.66. The van der Waals surface area contributed by atoms with Crippen LogP contribution in [-0.2, 0) is 0 Å². The zero-order chi connectivity index (χ0) is 63.6. The van der Waals surface area contributed by atoms with Crippen molar-refractivity contribution in [3.63, 3.8) is 0 Å². The van der Waals surface area contributed by atoms with Crippen molar-refractivity contribution in [1.29, 1.82) is 0 Å². The van der Waals surface area contributed by atoms with Crippen LogP contribution in [0.25, 0.3) is 89.7 Å². The number of nitrogens with zero attached hydrogens (tertiary/aromatic N) is 6. The Hall–Kier alpha value is -4.36. The lowest BCUT2D eigenvalue weighted by Crippen LogP contribution is -1.88. The van der Waals surface area contributed by atoms with Gasteiger partial charge in [0, 0.05) is 63.4 Å². The number of aromatic nitrogens is 8. The second-order valence-electron chi connectivity index (χ2n) is 26.4. The molecule has 2 aliphatic rings. The lowest BCUT2D eigenvalue weighted by atomic mass is 10.1. The molecular formula is C80H114N8S4. The molecule has 2 N–H and O–H groups in total. The Morgan fingerprint density at radius 2 is 0.500 bits per heavy atom. The number of rotatable bonds is 48. The normalized spacial score (nSPS) is 12.0. The number of fused-ring (bicyclic) bond motifs is 20. The summed E-state index contributed by atoms with van der Waals surface area (Å²) in [6.45, 7) is 9.22. The van der Waals surface area contributed by atoms with E-state index in [0.717, 1.165) is 89.4 Å². The average Bonchev–Trinajstić information content (AvgIpc) is 1.60. The monoisotopic (exact) mass is 1310 g/mol. The van der Waals surface area contributed by atoms with Crippen molar-refractivity contribution in [2.45, 2.75) is 304 Å². The van der Waals surface area contributed by atoms with Gasteiger partial charge in [0.2, 0.25) is 0 Å². The molecule has 0 spiro atoms. The van der Waals surface area contributed by atoms with Crippen LogP contribution in [0.3, 0.4) is 0 Å². The average molecular weight is 1320 g/mol. The van der Waals surface area contributed by atoms with Crippen molar-refractivity contribution >= 4 is 91.2 Å². The van der Waals surface area contributed by atoms with Gasteiger partial charge in [0.1, 0.15) is 22.6 Å². The minimum Gasteiger partial charge on any atom is -0.324 e. The van der Waals surface area contributed by atoms with E-state index in [1.807, 2.05) is 47.0 Å². The molecule has 0 unspecified atom stereocenters. The number of hydrogen-bond donors (Lipinski definition) is 2. The second kappa shape index (κ2) is 41.6. The van der Waals surface area contributed by atoms with Gasteiger partial charge in [-0.3, -0.25) is 0 Å². The molecule has 0 atom stereocenters. The van der Waals surface area contributed by atoms with E-state index in [1.165, 1.54) is 276 Å². The first-order chi connectivity index (χ1) is 45.6. The fraction of sp³-hybridized carbons (Fsp3) is 0.600. The Kier molecular flexibility index (Phi) is 32.5. The summed E-state index contributed by atoms with van der Waals surface area (Å²) < 4.78 is 0. The van der Waals surface area contributed by atoms with E-state index in [-0.39, 0.29) is 0 Å². The molecule has 8 nitrogen and oxygen atoms in total. The summed E-state index contributed by atoms with van der Waals surface area (Å²) >= 11 is 7.81. The summed E-state index contributed by atoms with van der Waals surface area (Å²) in [4.78, 5) is 46.2. The van der Waals surface area contributed by atoms with Crippen molar-refractivity contribution in [1.82, 2.24) is 39.9 Å². The number of H-pyrrole nitrogens is 2. The zero-order valence-corrected chi connectivity index (χ0v) is 60.6. The van der Waals surface area contributed by atoms with Crippen molar-refractivity contribution in [2.75, 3.05) is 23.0 Å². The molecule has 5 heterocycles. The van der Waals surface area contributed by atoms with Crippen molar-refractivity contribution in [3.05, 3.63) is 72.8 Å². The van der Waals surface area contributed by atoms with E-state index in [0.29, 0.717) is 23.3 Å². The van der Waals surface area contributed by atoms with Crippen LogP contribution in [0.15, 0.2) is 92.4 Å². The molecule has 3 aromatic heterocycles. The number of aromatic amines is 2. The minimum atomic E-state index is 0.676. The van der Waals surface area contributed by atoms with Gasteiger partial charge in [0.25, 0.3) is 0 Å². The van der Waals surface area contributed by atoms with Gasteiger partial charge >= 0.3 is 0 Å². The maximum absolute atomic E-state index is 5.66. The van der Waals surface area contributed by atoms with Gasteiger partial charge < -0.3 is 9.97 Å². The summed E-state index contributed by atoms with van der Waals surface area (Å²) in [6, 6.07) is 26.8. The summed E-state index contributed by atoms with van der Waals surface area (Å²) in [7, 11) is 0. The van der Waals surface area contributed by atoms with Crippen molar-refractivity contribution < 1.29 is 0 Å². The molecular weight excluding hydrogens is 1200 g/mol. The molecule has 0 fully saturated rings. The van der Waals surface area contributed by atoms with Crippen LogP contribution in [0.2, 0.25) is 0 Å². The fourth-order valence-corrected chi connectivity index (χ4v) is 17.8.